The summed E-state index contributed by atoms with van der Waals surface area (Å²) in [6.07, 6.45) is 4.64. The first-order valence-corrected chi connectivity index (χ1v) is 5.72. The van der Waals surface area contributed by atoms with Crippen molar-refractivity contribution in [2.45, 2.75) is 12.8 Å². The number of thioether (sulfide) groups is 1. The highest BCUT2D eigenvalue weighted by molar-refractivity contribution is 8.13. The molecule has 0 N–H and O–H groups in total. The summed E-state index contributed by atoms with van der Waals surface area (Å²) in [7, 11) is 0. The van der Waals surface area contributed by atoms with Gasteiger partial charge in [-0.15, -0.1) is 0 Å². The fourth-order valence-corrected chi connectivity index (χ4v) is 2.02. The van der Waals surface area contributed by atoms with E-state index in [2.05, 4.69) is 12.6 Å². The van der Waals surface area contributed by atoms with Gasteiger partial charge in [-0.25, -0.2) is 0 Å². The van der Waals surface area contributed by atoms with Gasteiger partial charge in [-0.05, 0) is 23.8 Å². The summed E-state index contributed by atoms with van der Waals surface area (Å²) in [6.45, 7) is 0. The molecule has 0 spiro atoms. The van der Waals surface area contributed by atoms with E-state index in [1.54, 1.807) is 12.5 Å². The third-order valence-corrected chi connectivity index (χ3v) is 2.77. The molecule has 0 radical (unpaired) electrons. The average Bonchev–Trinajstić information content (AvgIpc) is 2.57. The van der Waals surface area contributed by atoms with Crippen LogP contribution in [0.25, 0.3) is 0 Å². The average molecular weight is 216 g/mol. The summed E-state index contributed by atoms with van der Waals surface area (Å²) < 4.78 is 4.87. The lowest BCUT2D eigenvalue weighted by Gasteiger charge is -1.96. The monoisotopic (exact) mass is 216 g/mol. The molecule has 1 aromatic heterocycles. The van der Waals surface area contributed by atoms with Crippen molar-refractivity contribution in [1.29, 1.82) is 0 Å². The smallest absolute Gasteiger partial charge is 0.193 e. The molecule has 0 bridgehead atoms. The number of furan rings is 1. The van der Waals surface area contributed by atoms with Crippen LogP contribution < -0.4 is 0 Å². The van der Waals surface area contributed by atoms with Crippen LogP contribution in [0, 0.1) is 0 Å². The Balaban J connectivity index is 2.18. The Morgan fingerprint density at radius 1 is 1.62 bits per heavy atom. The zero-order chi connectivity index (χ0) is 9.52. The molecular weight excluding hydrogens is 204 g/mol. The van der Waals surface area contributed by atoms with Crippen molar-refractivity contribution in [2.24, 2.45) is 0 Å². The molecule has 1 rings (SSSR count). The third kappa shape index (κ3) is 4.43. The van der Waals surface area contributed by atoms with Gasteiger partial charge in [0.2, 0.25) is 0 Å². The van der Waals surface area contributed by atoms with Crippen LogP contribution in [0.5, 0.6) is 0 Å². The molecular formula is C9H12O2S2. The van der Waals surface area contributed by atoms with Crippen molar-refractivity contribution >= 4 is 29.5 Å². The van der Waals surface area contributed by atoms with Crippen LogP contribution in [-0.2, 0) is 11.2 Å². The Bertz CT molecular complexity index is 244. The minimum Gasteiger partial charge on any atom is -0.472 e. The van der Waals surface area contributed by atoms with E-state index in [1.165, 1.54) is 11.8 Å². The van der Waals surface area contributed by atoms with Crippen molar-refractivity contribution in [3.63, 3.8) is 0 Å². The van der Waals surface area contributed by atoms with Crippen LogP contribution in [0.1, 0.15) is 12.0 Å². The minimum atomic E-state index is 0.197. The van der Waals surface area contributed by atoms with E-state index in [4.69, 9.17) is 4.42 Å². The summed E-state index contributed by atoms with van der Waals surface area (Å²) in [5, 5.41) is 0.197. The van der Waals surface area contributed by atoms with E-state index in [1.807, 2.05) is 6.07 Å². The van der Waals surface area contributed by atoms with Crippen molar-refractivity contribution < 1.29 is 9.21 Å². The van der Waals surface area contributed by atoms with Crippen molar-refractivity contribution in [2.75, 3.05) is 11.5 Å². The number of hydrogen-bond acceptors (Lipinski definition) is 4. The molecule has 0 saturated heterocycles. The second-order valence-electron chi connectivity index (χ2n) is 2.61. The predicted octanol–water partition coefficient (Wildman–Crippen LogP) is 2.40. The van der Waals surface area contributed by atoms with Gasteiger partial charge in [0.1, 0.15) is 0 Å². The Kier molecular flexibility index (Phi) is 5.08. The van der Waals surface area contributed by atoms with E-state index in [0.717, 1.165) is 23.5 Å². The summed E-state index contributed by atoms with van der Waals surface area (Å²) in [4.78, 5) is 11.3. The Morgan fingerprint density at radius 3 is 3.08 bits per heavy atom. The molecule has 13 heavy (non-hydrogen) atoms. The number of carbonyl (C=O) groups excluding carboxylic acids is 1. The lowest BCUT2D eigenvalue weighted by Crippen LogP contribution is -1.97. The third-order valence-electron chi connectivity index (χ3n) is 1.49. The lowest BCUT2D eigenvalue weighted by atomic mass is 10.3. The van der Waals surface area contributed by atoms with Crippen LogP contribution >= 0.6 is 24.4 Å². The van der Waals surface area contributed by atoms with Gasteiger partial charge in [0.15, 0.2) is 5.12 Å². The Morgan fingerprint density at radius 2 is 2.46 bits per heavy atom. The van der Waals surface area contributed by atoms with Gasteiger partial charge >= 0.3 is 0 Å². The Hall–Kier alpha value is -0.350. The molecule has 0 aliphatic rings. The second-order valence-corrected chi connectivity index (χ2v) is 4.21. The normalized spacial score (nSPS) is 10.2. The van der Waals surface area contributed by atoms with Crippen LogP contribution in [0.4, 0.5) is 0 Å². The molecule has 0 amide bonds. The first-order chi connectivity index (χ1) is 6.33. The summed E-state index contributed by atoms with van der Waals surface area (Å²) in [5.74, 6) is 1.70. The summed E-state index contributed by atoms with van der Waals surface area (Å²) in [6, 6.07) is 1.82. The van der Waals surface area contributed by atoms with E-state index in [-0.39, 0.29) is 5.12 Å². The minimum absolute atomic E-state index is 0.197. The molecule has 0 aromatic carbocycles. The molecule has 0 saturated carbocycles. The van der Waals surface area contributed by atoms with Crippen LogP contribution in [0.3, 0.4) is 0 Å². The predicted molar refractivity (Wildman–Crippen MR) is 58.3 cm³/mol. The molecule has 0 atom stereocenters. The maximum atomic E-state index is 11.3. The summed E-state index contributed by atoms with van der Waals surface area (Å²) in [5.41, 5.74) is 0.948. The highest BCUT2D eigenvalue weighted by Crippen LogP contribution is 2.10. The van der Waals surface area contributed by atoms with Gasteiger partial charge in [-0.3, -0.25) is 4.79 Å². The first-order valence-electron chi connectivity index (χ1n) is 4.10. The van der Waals surface area contributed by atoms with Gasteiger partial charge in [-0.1, -0.05) is 11.8 Å². The second kappa shape index (κ2) is 6.16. The number of thiol groups is 1. The van der Waals surface area contributed by atoms with Gasteiger partial charge < -0.3 is 4.42 Å². The maximum absolute atomic E-state index is 11.3. The van der Waals surface area contributed by atoms with E-state index >= 15 is 0 Å². The molecule has 0 unspecified atom stereocenters. The fourth-order valence-electron chi connectivity index (χ4n) is 0.861. The van der Waals surface area contributed by atoms with Crippen molar-refractivity contribution in [3.05, 3.63) is 24.2 Å². The number of carbonyl (C=O) groups is 1. The lowest BCUT2D eigenvalue weighted by molar-refractivity contribution is -0.110. The van der Waals surface area contributed by atoms with Gasteiger partial charge in [0.25, 0.3) is 0 Å². The topological polar surface area (TPSA) is 30.2 Å². The molecule has 0 fully saturated rings. The quantitative estimate of drug-likeness (QED) is 0.605. The molecule has 1 aromatic rings. The molecule has 0 aliphatic carbocycles. The molecule has 72 valence electrons. The standard InChI is InChI=1S/C9H12O2S2/c10-9(13-5-1-4-12)6-8-2-3-11-7-8/h2-3,7,12H,1,4-6H2. The van der Waals surface area contributed by atoms with Gasteiger partial charge in [0.05, 0.1) is 12.5 Å². The molecule has 2 nitrogen and oxygen atoms in total. The largest absolute Gasteiger partial charge is 0.472 e. The molecule has 0 aliphatic heterocycles. The number of hydrogen-bond donors (Lipinski definition) is 1. The van der Waals surface area contributed by atoms with Crippen LogP contribution in [0.15, 0.2) is 23.0 Å². The zero-order valence-electron chi connectivity index (χ0n) is 7.23. The van der Waals surface area contributed by atoms with E-state index < -0.39 is 0 Å². The van der Waals surface area contributed by atoms with Gasteiger partial charge in [-0.2, -0.15) is 12.6 Å². The summed E-state index contributed by atoms with van der Waals surface area (Å²) >= 11 is 5.44. The first kappa shape index (κ1) is 10.7. The van der Waals surface area contributed by atoms with Crippen molar-refractivity contribution in [3.8, 4) is 0 Å². The van der Waals surface area contributed by atoms with Crippen molar-refractivity contribution in [1.82, 2.24) is 0 Å². The molecule has 4 heteroatoms. The van der Waals surface area contributed by atoms with Crippen LogP contribution in [0.2, 0.25) is 0 Å². The maximum Gasteiger partial charge on any atom is 0.193 e. The fraction of sp³-hybridized carbons (Fsp3) is 0.444. The Labute approximate surface area is 87.5 Å². The van der Waals surface area contributed by atoms with E-state index in [0.29, 0.717) is 6.42 Å². The highest BCUT2D eigenvalue weighted by atomic mass is 32.2. The highest BCUT2D eigenvalue weighted by Gasteiger charge is 2.04. The van der Waals surface area contributed by atoms with E-state index in [9.17, 15) is 4.79 Å². The molecule has 1 heterocycles. The zero-order valence-corrected chi connectivity index (χ0v) is 8.94. The SMILES string of the molecule is O=C(Cc1ccoc1)SCCCS. The van der Waals surface area contributed by atoms with Gasteiger partial charge in [0, 0.05) is 12.2 Å². The van der Waals surface area contributed by atoms with Crippen LogP contribution in [-0.4, -0.2) is 16.6 Å². The number of rotatable bonds is 5.